The molecule has 0 saturated heterocycles. The van der Waals surface area contributed by atoms with Crippen molar-refractivity contribution in [3.63, 3.8) is 0 Å². The quantitative estimate of drug-likeness (QED) is 0.859. The van der Waals surface area contributed by atoms with Crippen LogP contribution in [0.2, 0.25) is 0 Å². The van der Waals surface area contributed by atoms with Gasteiger partial charge in [0, 0.05) is 12.6 Å². The summed E-state index contributed by atoms with van der Waals surface area (Å²) in [5.41, 5.74) is 2.70. The molecule has 0 fully saturated rings. The summed E-state index contributed by atoms with van der Waals surface area (Å²) in [5.74, 6) is -0.279. The van der Waals surface area contributed by atoms with E-state index in [0.717, 1.165) is 11.3 Å². The molecule has 1 N–H and O–H groups in total. The third kappa shape index (κ3) is 3.31. The normalized spacial score (nSPS) is 10.1. The lowest BCUT2D eigenvalue weighted by molar-refractivity contribution is -0.113. The Morgan fingerprint density at radius 3 is 2.67 bits per heavy atom. The van der Waals surface area contributed by atoms with E-state index in [9.17, 15) is 4.79 Å². The second-order valence-electron chi connectivity index (χ2n) is 3.84. The van der Waals surface area contributed by atoms with Crippen LogP contribution >= 0.6 is 11.6 Å². The van der Waals surface area contributed by atoms with Crippen molar-refractivity contribution in [2.75, 3.05) is 11.2 Å². The minimum absolute atomic E-state index is 0.0559. The Morgan fingerprint density at radius 1 is 1.17 bits per heavy atom. The number of carbonyl (C=O) groups is 1. The topological polar surface area (TPSA) is 42.0 Å². The van der Waals surface area contributed by atoms with Crippen LogP contribution in [-0.4, -0.2) is 16.8 Å². The van der Waals surface area contributed by atoms with Gasteiger partial charge in [-0.2, -0.15) is 0 Å². The van der Waals surface area contributed by atoms with Crippen molar-refractivity contribution >= 4 is 23.2 Å². The van der Waals surface area contributed by atoms with Gasteiger partial charge >= 0.3 is 0 Å². The molecular formula is C14H13ClN2O. The number of hydrogen-bond donors (Lipinski definition) is 1. The van der Waals surface area contributed by atoms with Gasteiger partial charge in [0.2, 0.25) is 5.91 Å². The molecule has 0 aliphatic heterocycles. The van der Waals surface area contributed by atoms with Crippen LogP contribution in [0.5, 0.6) is 0 Å². The fourth-order valence-electron chi connectivity index (χ4n) is 1.67. The van der Waals surface area contributed by atoms with Crippen molar-refractivity contribution in [2.45, 2.75) is 6.42 Å². The molecule has 1 amide bonds. The summed E-state index contributed by atoms with van der Waals surface area (Å²) in [6, 6.07) is 13.6. The van der Waals surface area contributed by atoms with E-state index in [0.29, 0.717) is 12.1 Å². The number of nitrogens with one attached hydrogen (secondary N) is 1. The van der Waals surface area contributed by atoms with E-state index in [-0.39, 0.29) is 11.8 Å². The zero-order valence-electron chi connectivity index (χ0n) is 9.77. The van der Waals surface area contributed by atoms with Crippen LogP contribution in [0.4, 0.5) is 5.69 Å². The molecule has 1 aromatic heterocycles. The van der Waals surface area contributed by atoms with Gasteiger partial charge in [-0.05, 0) is 17.7 Å². The first-order valence-electron chi connectivity index (χ1n) is 5.63. The lowest BCUT2D eigenvalue weighted by Gasteiger charge is -2.09. The molecular weight excluding hydrogens is 248 g/mol. The molecule has 2 rings (SSSR count). The second kappa shape index (κ2) is 6.17. The van der Waals surface area contributed by atoms with Crippen LogP contribution < -0.4 is 5.32 Å². The smallest absolute Gasteiger partial charge is 0.239 e. The molecule has 4 heteroatoms. The van der Waals surface area contributed by atoms with E-state index >= 15 is 0 Å². The van der Waals surface area contributed by atoms with Gasteiger partial charge in [0.25, 0.3) is 0 Å². The highest BCUT2D eigenvalue weighted by Crippen LogP contribution is 2.16. The molecule has 3 nitrogen and oxygen atoms in total. The number of rotatable bonds is 4. The summed E-state index contributed by atoms with van der Waals surface area (Å²) in [7, 11) is 0. The van der Waals surface area contributed by atoms with E-state index in [4.69, 9.17) is 11.6 Å². The van der Waals surface area contributed by atoms with Gasteiger partial charge in [-0.25, -0.2) is 0 Å². The highest BCUT2D eigenvalue weighted by atomic mass is 35.5. The molecule has 0 bridgehead atoms. The minimum Gasteiger partial charge on any atom is -0.323 e. The fourth-order valence-corrected chi connectivity index (χ4v) is 1.73. The highest BCUT2D eigenvalue weighted by molar-refractivity contribution is 6.29. The molecule has 0 aliphatic rings. The third-order valence-electron chi connectivity index (χ3n) is 2.50. The maximum Gasteiger partial charge on any atom is 0.239 e. The fraction of sp³-hybridized carbons (Fsp3) is 0.143. The van der Waals surface area contributed by atoms with Crippen molar-refractivity contribution in [3.05, 3.63) is 59.9 Å². The van der Waals surface area contributed by atoms with E-state index in [1.165, 1.54) is 0 Å². The van der Waals surface area contributed by atoms with Gasteiger partial charge in [0.05, 0.1) is 11.4 Å². The summed E-state index contributed by atoms with van der Waals surface area (Å²) in [5, 5.41) is 2.75. The average molecular weight is 261 g/mol. The number of alkyl halides is 1. The van der Waals surface area contributed by atoms with Crippen molar-refractivity contribution in [2.24, 2.45) is 0 Å². The summed E-state index contributed by atoms with van der Waals surface area (Å²) < 4.78 is 0. The van der Waals surface area contributed by atoms with Crippen molar-refractivity contribution in [1.82, 2.24) is 4.98 Å². The predicted molar refractivity (Wildman–Crippen MR) is 72.8 cm³/mol. The largest absolute Gasteiger partial charge is 0.323 e. The molecule has 1 heterocycles. The van der Waals surface area contributed by atoms with E-state index in [1.54, 1.807) is 12.3 Å². The summed E-state index contributed by atoms with van der Waals surface area (Å²) in [6.45, 7) is 0. The maximum atomic E-state index is 11.3. The zero-order chi connectivity index (χ0) is 12.8. The Balaban J connectivity index is 2.20. The first-order chi connectivity index (χ1) is 8.79. The molecule has 0 unspecified atom stereocenters. The molecule has 2 aromatic rings. The van der Waals surface area contributed by atoms with Crippen molar-refractivity contribution in [3.8, 4) is 0 Å². The van der Waals surface area contributed by atoms with Crippen molar-refractivity contribution in [1.29, 1.82) is 0 Å². The van der Waals surface area contributed by atoms with Gasteiger partial charge < -0.3 is 5.32 Å². The molecule has 18 heavy (non-hydrogen) atoms. The number of halogens is 1. The van der Waals surface area contributed by atoms with Crippen LogP contribution in [0.15, 0.2) is 48.7 Å². The van der Waals surface area contributed by atoms with Gasteiger partial charge in [-0.1, -0.05) is 30.3 Å². The molecule has 0 atom stereocenters. The summed E-state index contributed by atoms with van der Waals surface area (Å²) in [6.07, 6.45) is 2.40. The number of amides is 1. The predicted octanol–water partition coefficient (Wildman–Crippen LogP) is 2.85. The van der Waals surface area contributed by atoms with Crippen molar-refractivity contribution < 1.29 is 4.79 Å². The number of anilines is 1. The Morgan fingerprint density at radius 2 is 1.94 bits per heavy atom. The summed E-state index contributed by atoms with van der Waals surface area (Å²) >= 11 is 5.48. The minimum atomic E-state index is -0.223. The van der Waals surface area contributed by atoms with E-state index in [2.05, 4.69) is 10.3 Å². The van der Waals surface area contributed by atoms with Crippen LogP contribution in [0, 0.1) is 0 Å². The van der Waals surface area contributed by atoms with Gasteiger partial charge in [-0.15, -0.1) is 11.6 Å². The Kier molecular flexibility index (Phi) is 4.31. The molecule has 1 aromatic carbocycles. The number of aromatic nitrogens is 1. The number of pyridine rings is 1. The average Bonchev–Trinajstić information content (AvgIpc) is 2.42. The molecule has 0 saturated carbocycles. The highest BCUT2D eigenvalue weighted by Gasteiger charge is 2.07. The van der Waals surface area contributed by atoms with E-state index < -0.39 is 0 Å². The number of nitrogens with zero attached hydrogens (tertiary/aromatic N) is 1. The van der Waals surface area contributed by atoms with Crippen LogP contribution in [0.3, 0.4) is 0 Å². The van der Waals surface area contributed by atoms with E-state index in [1.807, 2.05) is 36.4 Å². The first kappa shape index (κ1) is 12.6. The Labute approximate surface area is 111 Å². The molecule has 0 aliphatic carbocycles. The molecule has 0 radical (unpaired) electrons. The number of carbonyl (C=O) groups excluding carboxylic acids is 1. The standard InChI is InChI=1S/C14H13ClN2O/c15-10-14(18)17-12-7-4-8-16-13(12)9-11-5-2-1-3-6-11/h1-8H,9-10H2,(H,17,18). The van der Waals surface area contributed by atoms with Crippen LogP contribution in [0.1, 0.15) is 11.3 Å². The maximum absolute atomic E-state index is 11.3. The van der Waals surface area contributed by atoms with Crippen LogP contribution in [-0.2, 0) is 11.2 Å². The monoisotopic (exact) mass is 260 g/mol. The lowest BCUT2D eigenvalue weighted by Crippen LogP contribution is -2.14. The number of hydrogen-bond acceptors (Lipinski definition) is 2. The lowest BCUT2D eigenvalue weighted by atomic mass is 10.1. The Hall–Kier alpha value is -1.87. The van der Waals surface area contributed by atoms with Gasteiger partial charge in [0.15, 0.2) is 0 Å². The number of benzene rings is 1. The molecule has 0 spiro atoms. The summed E-state index contributed by atoms with van der Waals surface area (Å²) in [4.78, 5) is 15.6. The van der Waals surface area contributed by atoms with Gasteiger partial charge in [-0.3, -0.25) is 9.78 Å². The Bertz CT molecular complexity index is 528. The first-order valence-corrected chi connectivity index (χ1v) is 6.16. The zero-order valence-corrected chi connectivity index (χ0v) is 10.5. The third-order valence-corrected chi connectivity index (χ3v) is 2.74. The molecule has 92 valence electrons. The second-order valence-corrected chi connectivity index (χ2v) is 4.11. The SMILES string of the molecule is O=C(CCl)Nc1cccnc1Cc1ccccc1. The van der Waals surface area contributed by atoms with Gasteiger partial charge in [0.1, 0.15) is 5.88 Å². The van der Waals surface area contributed by atoms with Crippen LogP contribution in [0.25, 0.3) is 0 Å².